The van der Waals surface area contributed by atoms with Crippen LogP contribution in [0.1, 0.15) is 51.9 Å². The lowest BCUT2D eigenvalue weighted by Gasteiger charge is -2.25. The Morgan fingerprint density at radius 1 is 0.781 bits per heavy atom. The molecule has 0 bridgehead atoms. The van der Waals surface area contributed by atoms with Gasteiger partial charge >= 0.3 is 5.97 Å². The molecule has 4 unspecified atom stereocenters. The Bertz CT molecular complexity index is 593. The van der Waals surface area contributed by atoms with E-state index < -0.39 is 47.9 Å². The molecule has 0 heterocycles. The third-order valence-electron chi connectivity index (χ3n) is 4.80. The van der Waals surface area contributed by atoms with Crippen LogP contribution in [-0.2, 0) is 19.2 Å². The number of amides is 3. The highest BCUT2D eigenvalue weighted by molar-refractivity contribution is 7.98. The predicted molar refractivity (Wildman–Crippen MR) is 126 cm³/mol. The number of hydrogen-bond acceptors (Lipinski definition) is 8. The van der Waals surface area contributed by atoms with Crippen molar-refractivity contribution in [2.75, 3.05) is 25.1 Å². The number of thioether (sulfide) groups is 1. The van der Waals surface area contributed by atoms with Crippen LogP contribution in [0.2, 0.25) is 0 Å². The van der Waals surface area contributed by atoms with Crippen LogP contribution in [0.3, 0.4) is 0 Å². The highest BCUT2D eigenvalue weighted by atomic mass is 32.2. The molecule has 0 rings (SSSR count). The molecular weight excluding hydrogens is 436 g/mol. The van der Waals surface area contributed by atoms with Gasteiger partial charge < -0.3 is 38.3 Å². The number of nitrogens with one attached hydrogen (secondary N) is 3. The van der Waals surface area contributed by atoms with Crippen molar-refractivity contribution in [3.63, 3.8) is 0 Å². The van der Waals surface area contributed by atoms with Crippen molar-refractivity contribution in [3.8, 4) is 0 Å². The van der Waals surface area contributed by atoms with Crippen LogP contribution in [0.5, 0.6) is 0 Å². The molecule has 186 valence electrons. The van der Waals surface area contributed by atoms with Crippen LogP contribution in [0.15, 0.2) is 0 Å². The van der Waals surface area contributed by atoms with Crippen molar-refractivity contribution in [2.45, 2.75) is 76.0 Å². The van der Waals surface area contributed by atoms with Gasteiger partial charge in [0.05, 0.1) is 6.04 Å². The summed E-state index contributed by atoms with van der Waals surface area (Å²) in [4.78, 5) is 49.3. The Morgan fingerprint density at radius 2 is 1.22 bits per heavy atom. The molecule has 0 aliphatic heterocycles. The first-order chi connectivity index (χ1) is 15.2. The molecule has 0 saturated carbocycles. The summed E-state index contributed by atoms with van der Waals surface area (Å²) in [6.07, 6.45) is 5.24. The van der Waals surface area contributed by atoms with Gasteiger partial charge in [-0.25, -0.2) is 4.79 Å². The Labute approximate surface area is 194 Å². The number of carboxylic acid groups (broad SMARTS) is 1. The summed E-state index contributed by atoms with van der Waals surface area (Å²) in [6, 6.07) is -3.68. The first-order valence-corrected chi connectivity index (χ1v) is 12.4. The molecule has 0 spiro atoms. The molecule has 0 aromatic rings. The molecule has 10 N–H and O–H groups in total. The number of unbranched alkanes of at least 4 members (excludes halogenated alkanes) is 2. The topological polar surface area (TPSA) is 203 Å². The number of hydrogen-bond donors (Lipinski definition) is 7. The van der Waals surface area contributed by atoms with Gasteiger partial charge in [0.25, 0.3) is 0 Å². The minimum atomic E-state index is -1.14. The van der Waals surface area contributed by atoms with Crippen molar-refractivity contribution in [1.82, 2.24) is 16.0 Å². The highest BCUT2D eigenvalue weighted by Gasteiger charge is 2.29. The van der Waals surface area contributed by atoms with Gasteiger partial charge in [0.1, 0.15) is 18.1 Å². The number of carbonyl (C=O) groups excluding carboxylic acids is 3. The number of rotatable bonds is 18. The van der Waals surface area contributed by atoms with E-state index >= 15 is 0 Å². The molecule has 12 heteroatoms. The van der Waals surface area contributed by atoms with Gasteiger partial charge in [0, 0.05) is 0 Å². The molecule has 11 nitrogen and oxygen atoms in total. The maximum atomic E-state index is 12.9. The number of nitrogens with two attached hydrogens (primary N) is 3. The zero-order chi connectivity index (χ0) is 24.5. The third kappa shape index (κ3) is 12.8. The average Bonchev–Trinajstić information content (AvgIpc) is 2.74. The first kappa shape index (κ1) is 30.1. The number of aliphatic carboxylic acids is 1. The summed E-state index contributed by atoms with van der Waals surface area (Å²) in [6.45, 7) is 2.39. The summed E-state index contributed by atoms with van der Waals surface area (Å²) < 4.78 is 0. The van der Waals surface area contributed by atoms with E-state index in [4.69, 9.17) is 17.2 Å². The fraction of sp³-hybridized carbons (Fsp3) is 0.800. The monoisotopic (exact) mass is 476 g/mol. The lowest BCUT2D eigenvalue weighted by Crippen LogP contribution is -2.56. The lowest BCUT2D eigenvalue weighted by atomic mass is 10.0. The maximum Gasteiger partial charge on any atom is 0.326 e. The van der Waals surface area contributed by atoms with Gasteiger partial charge in [-0.3, -0.25) is 14.4 Å². The third-order valence-corrected chi connectivity index (χ3v) is 5.44. The molecule has 3 amide bonds. The molecule has 0 aromatic heterocycles. The lowest BCUT2D eigenvalue weighted by molar-refractivity contribution is -0.142. The minimum Gasteiger partial charge on any atom is -0.480 e. The van der Waals surface area contributed by atoms with Crippen molar-refractivity contribution < 1.29 is 24.3 Å². The zero-order valence-corrected chi connectivity index (χ0v) is 19.9. The largest absolute Gasteiger partial charge is 0.480 e. The molecule has 0 aliphatic carbocycles. The standard InChI is InChI=1S/C20H40N6O5S/c1-13(23)17(27)24-14(7-3-5-10-21)18(28)25-15(8-4-6-11-22)19(29)26-16(20(30)31)9-12-32-2/h13-16H,3-12,21-23H2,1-2H3,(H,24,27)(H,25,28)(H,26,29)(H,30,31). The van der Waals surface area contributed by atoms with Crippen molar-refractivity contribution in [3.05, 3.63) is 0 Å². The quantitative estimate of drug-likeness (QED) is 0.120. The molecular formula is C20H40N6O5S. The van der Waals surface area contributed by atoms with E-state index in [-0.39, 0.29) is 6.42 Å². The van der Waals surface area contributed by atoms with Gasteiger partial charge in [-0.15, -0.1) is 0 Å². The molecule has 0 saturated heterocycles. The molecule has 0 aromatic carbocycles. The van der Waals surface area contributed by atoms with Crippen LogP contribution in [0, 0.1) is 0 Å². The second-order valence-corrected chi connectivity index (χ2v) is 8.65. The van der Waals surface area contributed by atoms with E-state index in [0.29, 0.717) is 57.4 Å². The van der Waals surface area contributed by atoms with Crippen LogP contribution >= 0.6 is 11.8 Å². The number of carboxylic acids is 1. The second-order valence-electron chi connectivity index (χ2n) is 7.66. The molecule has 0 fully saturated rings. The van der Waals surface area contributed by atoms with Crippen molar-refractivity contribution >= 4 is 35.5 Å². The summed E-state index contributed by atoms with van der Waals surface area (Å²) in [5.74, 6) is -2.16. The van der Waals surface area contributed by atoms with E-state index in [0.717, 1.165) is 0 Å². The number of carbonyl (C=O) groups is 4. The Morgan fingerprint density at radius 3 is 1.59 bits per heavy atom. The van der Waals surface area contributed by atoms with E-state index in [1.807, 2.05) is 6.26 Å². The van der Waals surface area contributed by atoms with E-state index in [9.17, 15) is 24.3 Å². The normalized spacial score (nSPS) is 14.7. The average molecular weight is 477 g/mol. The molecule has 4 atom stereocenters. The highest BCUT2D eigenvalue weighted by Crippen LogP contribution is 2.07. The van der Waals surface area contributed by atoms with E-state index in [2.05, 4.69) is 16.0 Å². The summed E-state index contributed by atoms with van der Waals surface area (Å²) in [7, 11) is 0. The summed E-state index contributed by atoms with van der Waals surface area (Å²) in [5, 5.41) is 17.2. The molecule has 32 heavy (non-hydrogen) atoms. The van der Waals surface area contributed by atoms with Gasteiger partial charge in [0.15, 0.2) is 0 Å². The summed E-state index contributed by atoms with van der Waals surface area (Å²) >= 11 is 1.47. The van der Waals surface area contributed by atoms with Crippen LogP contribution in [-0.4, -0.2) is 78.1 Å². The Hall–Kier alpha value is -1.89. The minimum absolute atomic E-state index is 0.262. The Balaban J connectivity index is 5.36. The smallest absolute Gasteiger partial charge is 0.326 e. The van der Waals surface area contributed by atoms with Crippen LogP contribution < -0.4 is 33.2 Å². The SMILES string of the molecule is CSCCC(NC(=O)C(CCCCN)NC(=O)C(CCCCN)NC(=O)C(C)N)C(=O)O. The maximum absolute atomic E-state index is 12.9. The van der Waals surface area contributed by atoms with Crippen LogP contribution in [0.4, 0.5) is 0 Å². The zero-order valence-electron chi connectivity index (χ0n) is 19.1. The fourth-order valence-corrected chi connectivity index (χ4v) is 3.34. The van der Waals surface area contributed by atoms with Gasteiger partial charge in [0.2, 0.25) is 17.7 Å². The fourth-order valence-electron chi connectivity index (χ4n) is 2.86. The summed E-state index contributed by atoms with van der Waals surface area (Å²) in [5.41, 5.74) is 16.6. The molecule has 0 aliphatic rings. The Kier molecular flexibility index (Phi) is 16.6. The van der Waals surface area contributed by atoms with Gasteiger partial charge in [-0.2, -0.15) is 11.8 Å². The second kappa shape index (κ2) is 17.6. The first-order valence-electron chi connectivity index (χ1n) is 11.0. The van der Waals surface area contributed by atoms with Gasteiger partial charge in [-0.05, 0) is 77.0 Å². The predicted octanol–water partition coefficient (Wildman–Crippen LogP) is -1.12. The van der Waals surface area contributed by atoms with Gasteiger partial charge in [-0.1, -0.05) is 0 Å². The molecule has 0 radical (unpaired) electrons. The van der Waals surface area contributed by atoms with E-state index in [1.54, 1.807) is 0 Å². The van der Waals surface area contributed by atoms with Crippen LogP contribution in [0.25, 0.3) is 0 Å². The van der Waals surface area contributed by atoms with Crippen molar-refractivity contribution in [2.24, 2.45) is 17.2 Å². The van der Waals surface area contributed by atoms with E-state index in [1.165, 1.54) is 18.7 Å². The van der Waals surface area contributed by atoms with Crippen molar-refractivity contribution in [1.29, 1.82) is 0 Å².